The number of esters is 1. The Bertz CT molecular complexity index is 1580. The molecule has 0 spiro atoms. The van der Waals surface area contributed by atoms with Crippen molar-refractivity contribution >= 4 is 28.5 Å². The molecule has 182 valence electrons. The van der Waals surface area contributed by atoms with Crippen LogP contribution in [0.1, 0.15) is 37.9 Å². The summed E-state index contributed by atoms with van der Waals surface area (Å²) in [4.78, 5) is 36.8. The van der Waals surface area contributed by atoms with Gasteiger partial charge in [0.25, 0.3) is 5.69 Å². The Morgan fingerprint density at radius 3 is 2.22 bits per heavy atom. The maximum Gasteiger partial charge on any atom is 0.339 e. The molecule has 0 radical (unpaired) electrons. The van der Waals surface area contributed by atoms with Crippen LogP contribution in [0.5, 0.6) is 0 Å². The van der Waals surface area contributed by atoms with E-state index in [9.17, 15) is 19.7 Å². The van der Waals surface area contributed by atoms with E-state index in [1.54, 1.807) is 59.3 Å². The Balaban J connectivity index is 1.36. The van der Waals surface area contributed by atoms with Crippen molar-refractivity contribution < 1.29 is 19.2 Å². The molecule has 1 aromatic heterocycles. The number of carbonyl (C=O) groups is 2. The molecule has 5 aromatic rings. The Hall–Kier alpha value is -5.18. The van der Waals surface area contributed by atoms with E-state index in [1.807, 2.05) is 24.3 Å². The summed E-state index contributed by atoms with van der Waals surface area (Å²) >= 11 is 0. The Kier molecular flexibility index (Phi) is 6.50. The minimum absolute atomic E-state index is 0.128. The first-order valence-corrected chi connectivity index (χ1v) is 11.4. The number of ether oxygens (including phenoxy) is 1. The average Bonchev–Trinajstić information content (AvgIpc) is 3.35. The summed E-state index contributed by atoms with van der Waals surface area (Å²) in [5, 5.41) is 19.4. The molecular weight excluding hydrogens is 472 g/mol. The van der Waals surface area contributed by atoms with Crippen LogP contribution in [0.4, 0.5) is 5.69 Å². The maximum atomic E-state index is 13.2. The first kappa shape index (κ1) is 23.6. The van der Waals surface area contributed by atoms with Gasteiger partial charge in [-0.3, -0.25) is 14.9 Å². The lowest BCUT2D eigenvalue weighted by atomic mass is 9.99. The van der Waals surface area contributed by atoms with Crippen LogP contribution in [0.25, 0.3) is 11.0 Å². The summed E-state index contributed by atoms with van der Waals surface area (Å²) < 4.78 is 7.43. The van der Waals surface area contributed by atoms with Gasteiger partial charge in [0.05, 0.1) is 22.5 Å². The van der Waals surface area contributed by atoms with Gasteiger partial charge in [0.15, 0.2) is 6.10 Å². The van der Waals surface area contributed by atoms with E-state index in [0.717, 1.165) is 16.6 Å². The van der Waals surface area contributed by atoms with Gasteiger partial charge < -0.3 is 4.74 Å². The fourth-order valence-corrected chi connectivity index (χ4v) is 3.93. The topological polar surface area (TPSA) is 117 Å². The molecule has 0 aliphatic carbocycles. The van der Waals surface area contributed by atoms with E-state index in [1.165, 1.54) is 24.3 Å². The number of nitro groups is 1. The number of nitrogens with zero attached hydrogens (tertiary/aromatic N) is 4. The second-order valence-electron chi connectivity index (χ2n) is 8.30. The molecular formula is C28H20N4O5. The summed E-state index contributed by atoms with van der Waals surface area (Å²) in [5.74, 6) is -1.12. The first-order valence-electron chi connectivity index (χ1n) is 11.4. The molecule has 0 amide bonds. The summed E-state index contributed by atoms with van der Waals surface area (Å²) in [6, 6.07) is 28.3. The van der Waals surface area contributed by atoms with Crippen molar-refractivity contribution in [1.82, 2.24) is 15.0 Å². The normalized spacial score (nSPS) is 11.7. The third kappa shape index (κ3) is 5.10. The van der Waals surface area contributed by atoms with E-state index < -0.39 is 22.8 Å². The molecule has 0 aliphatic rings. The quantitative estimate of drug-likeness (QED) is 0.127. The SMILES string of the molecule is O=C(O[C@H](C(=O)c1ccccc1)c1ccc([N+](=O)[O-])cc1)c1ccc(Cn2nnc3ccccc32)cc1. The van der Waals surface area contributed by atoms with Crippen molar-refractivity contribution in [2.24, 2.45) is 0 Å². The van der Waals surface area contributed by atoms with Crippen LogP contribution in [0.15, 0.2) is 103 Å². The average molecular weight is 492 g/mol. The van der Waals surface area contributed by atoms with Crippen LogP contribution in [0, 0.1) is 10.1 Å². The van der Waals surface area contributed by atoms with Crippen LogP contribution in [-0.4, -0.2) is 31.7 Å². The molecule has 1 atom stereocenters. The highest BCUT2D eigenvalue weighted by Crippen LogP contribution is 2.26. The molecule has 0 aliphatic heterocycles. The van der Waals surface area contributed by atoms with Crippen molar-refractivity contribution in [2.45, 2.75) is 12.6 Å². The van der Waals surface area contributed by atoms with E-state index in [2.05, 4.69) is 10.3 Å². The number of nitro benzene ring substituents is 1. The standard InChI is InChI=1S/C28H20N4O5/c33-26(20-6-2-1-3-7-20)27(21-14-16-23(17-15-21)32(35)36)37-28(34)22-12-10-19(11-13-22)18-31-25-9-5-4-8-24(25)29-30-31/h1-17,27H,18H2/t27-/m0/s1. The van der Waals surface area contributed by atoms with Crippen molar-refractivity contribution in [3.05, 3.63) is 135 Å². The van der Waals surface area contributed by atoms with Crippen molar-refractivity contribution in [3.8, 4) is 0 Å². The van der Waals surface area contributed by atoms with Gasteiger partial charge in [-0.1, -0.05) is 59.8 Å². The Labute approximate surface area is 211 Å². The second kappa shape index (κ2) is 10.2. The van der Waals surface area contributed by atoms with Gasteiger partial charge in [0, 0.05) is 23.3 Å². The minimum Gasteiger partial charge on any atom is -0.445 e. The molecule has 0 fully saturated rings. The van der Waals surface area contributed by atoms with Crippen LogP contribution in [-0.2, 0) is 11.3 Å². The van der Waals surface area contributed by atoms with Gasteiger partial charge >= 0.3 is 5.97 Å². The molecule has 4 aromatic carbocycles. The molecule has 0 unspecified atom stereocenters. The van der Waals surface area contributed by atoms with E-state index >= 15 is 0 Å². The lowest BCUT2D eigenvalue weighted by molar-refractivity contribution is -0.384. The predicted molar refractivity (Wildman–Crippen MR) is 135 cm³/mol. The number of aromatic nitrogens is 3. The highest BCUT2D eigenvalue weighted by atomic mass is 16.6. The van der Waals surface area contributed by atoms with Crippen LogP contribution in [0.2, 0.25) is 0 Å². The summed E-state index contributed by atoms with van der Waals surface area (Å²) in [5.41, 5.74) is 3.42. The number of fused-ring (bicyclic) bond motifs is 1. The predicted octanol–water partition coefficient (Wildman–Crippen LogP) is 5.17. The highest BCUT2D eigenvalue weighted by Gasteiger charge is 2.27. The number of Topliss-reactive ketones (excluding diaryl/α,β-unsaturated/α-hetero) is 1. The third-order valence-electron chi connectivity index (χ3n) is 5.87. The monoisotopic (exact) mass is 492 g/mol. The number of hydrogen-bond donors (Lipinski definition) is 0. The maximum absolute atomic E-state index is 13.2. The number of benzene rings is 4. The number of para-hydroxylation sites is 1. The molecule has 0 saturated carbocycles. The second-order valence-corrected chi connectivity index (χ2v) is 8.30. The molecule has 9 nitrogen and oxygen atoms in total. The molecule has 0 bridgehead atoms. The zero-order chi connectivity index (χ0) is 25.8. The zero-order valence-electron chi connectivity index (χ0n) is 19.4. The lowest BCUT2D eigenvalue weighted by Crippen LogP contribution is -2.20. The molecule has 5 rings (SSSR count). The minimum atomic E-state index is -1.27. The lowest BCUT2D eigenvalue weighted by Gasteiger charge is -2.17. The number of non-ortho nitro benzene ring substituents is 1. The fraction of sp³-hybridized carbons (Fsp3) is 0.0714. The number of hydrogen-bond acceptors (Lipinski definition) is 7. The largest absolute Gasteiger partial charge is 0.445 e. The first-order chi connectivity index (χ1) is 18.0. The smallest absolute Gasteiger partial charge is 0.339 e. The van der Waals surface area contributed by atoms with Gasteiger partial charge in [0.2, 0.25) is 5.78 Å². The van der Waals surface area contributed by atoms with Crippen LogP contribution in [0.3, 0.4) is 0 Å². The molecule has 0 saturated heterocycles. The molecule has 37 heavy (non-hydrogen) atoms. The Morgan fingerprint density at radius 1 is 0.838 bits per heavy atom. The van der Waals surface area contributed by atoms with E-state index in [4.69, 9.17) is 4.74 Å². The number of carbonyl (C=O) groups excluding carboxylic acids is 2. The van der Waals surface area contributed by atoms with Gasteiger partial charge in [0.1, 0.15) is 5.52 Å². The van der Waals surface area contributed by atoms with Gasteiger partial charge in [-0.05, 0) is 42.0 Å². The molecule has 1 heterocycles. The summed E-state index contributed by atoms with van der Waals surface area (Å²) in [6.07, 6.45) is -1.27. The molecule has 0 N–H and O–H groups in total. The van der Waals surface area contributed by atoms with Crippen molar-refractivity contribution in [3.63, 3.8) is 0 Å². The van der Waals surface area contributed by atoms with Gasteiger partial charge in [-0.15, -0.1) is 5.10 Å². The van der Waals surface area contributed by atoms with Gasteiger partial charge in [-0.2, -0.15) is 0 Å². The Morgan fingerprint density at radius 2 is 1.51 bits per heavy atom. The summed E-state index contributed by atoms with van der Waals surface area (Å²) in [6.45, 7) is 0.466. The number of ketones is 1. The third-order valence-corrected chi connectivity index (χ3v) is 5.87. The fourth-order valence-electron chi connectivity index (χ4n) is 3.93. The zero-order valence-corrected chi connectivity index (χ0v) is 19.4. The van der Waals surface area contributed by atoms with Crippen LogP contribution >= 0.6 is 0 Å². The van der Waals surface area contributed by atoms with E-state index in [0.29, 0.717) is 17.7 Å². The van der Waals surface area contributed by atoms with E-state index in [-0.39, 0.29) is 11.3 Å². The molecule has 9 heteroatoms. The summed E-state index contributed by atoms with van der Waals surface area (Å²) in [7, 11) is 0. The van der Waals surface area contributed by atoms with Crippen molar-refractivity contribution in [1.29, 1.82) is 0 Å². The highest BCUT2D eigenvalue weighted by molar-refractivity contribution is 6.02. The number of rotatable bonds is 8. The van der Waals surface area contributed by atoms with Crippen LogP contribution < -0.4 is 0 Å². The van der Waals surface area contributed by atoms with Crippen molar-refractivity contribution in [2.75, 3.05) is 0 Å². The van der Waals surface area contributed by atoms with Gasteiger partial charge in [-0.25, -0.2) is 9.48 Å².